The van der Waals surface area contributed by atoms with Gasteiger partial charge >= 0.3 is 5.97 Å². The molecule has 6 heteroatoms. The summed E-state index contributed by atoms with van der Waals surface area (Å²) in [6, 6.07) is 2.73. The molecule has 2 rings (SSSR count). The minimum atomic E-state index is -0.587. The van der Waals surface area contributed by atoms with Crippen molar-refractivity contribution >= 4 is 11.7 Å². The van der Waals surface area contributed by atoms with Crippen LogP contribution >= 0.6 is 0 Å². The van der Waals surface area contributed by atoms with Gasteiger partial charge in [-0.2, -0.15) is 0 Å². The molecular weight excluding hydrogens is 262 g/mol. The van der Waals surface area contributed by atoms with Crippen molar-refractivity contribution in [2.75, 3.05) is 7.11 Å². The van der Waals surface area contributed by atoms with Crippen molar-refractivity contribution < 1.29 is 19.6 Å². The molecule has 1 aliphatic carbocycles. The van der Waals surface area contributed by atoms with Gasteiger partial charge in [0.05, 0.1) is 24.5 Å². The fraction of sp³-hybridized carbons (Fsp3) is 0.500. The highest BCUT2D eigenvalue weighted by atomic mass is 16.6. The van der Waals surface area contributed by atoms with Crippen LogP contribution in [0.1, 0.15) is 42.7 Å². The maximum Gasteiger partial charge on any atom is 0.310 e. The molecule has 20 heavy (non-hydrogen) atoms. The lowest BCUT2D eigenvalue weighted by Crippen LogP contribution is -2.08. The van der Waals surface area contributed by atoms with Crippen molar-refractivity contribution in [1.29, 1.82) is 0 Å². The summed E-state index contributed by atoms with van der Waals surface area (Å²) in [7, 11) is 1.24. The second-order valence-electron chi connectivity index (χ2n) is 5.03. The monoisotopic (exact) mass is 279 g/mol. The molecule has 1 saturated carbocycles. The topological polar surface area (TPSA) is 89.7 Å². The molecule has 0 radical (unpaired) electrons. The number of methoxy groups -OCH3 is 1. The maximum absolute atomic E-state index is 11.4. The zero-order valence-corrected chi connectivity index (χ0v) is 11.3. The standard InChI is InChI=1S/C14H17NO5/c1-20-14(17)7-10-6-11(9-4-2-3-5-9)13(16)8-12(10)15(18)19/h6,8-9,16H,2-5,7H2,1H3. The summed E-state index contributed by atoms with van der Waals surface area (Å²) < 4.78 is 4.56. The Hall–Kier alpha value is -2.11. The van der Waals surface area contributed by atoms with E-state index in [1.807, 2.05) is 0 Å². The van der Waals surface area contributed by atoms with Gasteiger partial charge in [-0.15, -0.1) is 0 Å². The van der Waals surface area contributed by atoms with Gasteiger partial charge in [-0.25, -0.2) is 0 Å². The van der Waals surface area contributed by atoms with Gasteiger partial charge in [-0.05, 0) is 30.4 Å². The van der Waals surface area contributed by atoms with Crippen LogP contribution < -0.4 is 0 Å². The Labute approximate surface area is 116 Å². The van der Waals surface area contributed by atoms with Gasteiger partial charge in [0.1, 0.15) is 5.75 Å². The van der Waals surface area contributed by atoms with Crippen LogP contribution in [0.5, 0.6) is 5.75 Å². The Balaban J connectivity index is 2.42. The number of benzene rings is 1. The normalized spacial score (nSPS) is 15.2. The third-order valence-electron chi connectivity index (χ3n) is 3.78. The number of phenolic OH excluding ortho intramolecular Hbond substituents is 1. The molecule has 0 heterocycles. The predicted molar refractivity (Wildman–Crippen MR) is 71.7 cm³/mol. The van der Waals surface area contributed by atoms with Crippen LogP contribution in [0.15, 0.2) is 12.1 Å². The zero-order chi connectivity index (χ0) is 14.7. The van der Waals surface area contributed by atoms with Crippen LogP contribution in [0.3, 0.4) is 0 Å². The SMILES string of the molecule is COC(=O)Cc1cc(C2CCCC2)c(O)cc1[N+](=O)[O-]. The third-order valence-corrected chi connectivity index (χ3v) is 3.78. The first-order valence-corrected chi connectivity index (χ1v) is 6.60. The molecule has 1 aromatic carbocycles. The first-order chi connectivity index (χ1) is 9.52. The molecule has 1 N–H and O–H groups in total. The average Bonchev–Trinajstić information content (AvgIpc) is 2.93. The summed E-state index contributed by atoms with van der Waals surface area (Å²) in [6.45, 7) is 0. The molecule has 0 aliphatic heterocycles. The Bertz CT molecular complexity index is 535. The molecule has 1 aromatic rings. The number of rotatable bonds is 4. The van der Waals surface area contributed by atoms with Crippen LogP contribution in [0.4, 0.5) is 5.69 Å². The van der Waals surface area contributed by atoms with E-state index in [-0.39, 0.29) is 23.8 Å². The number of esters is 1. The van der Waals surface area contributed by atoms with Gasteiger partial charge in [0.25, 0.3) is 5.69 Å². The maximum atomic E-state index is 11.4. The van der Waals surface area contributed by atoms with Crippen LogP contribution in [-0.2, 0) is 16.0 Å². The van der Waals surface area contributed by atoms with E-state index in [4.69, 9.17) is 0 Å². The average molecular weight is 279 g/mol. The van der Waals surface area contributed by atoms with E-state index in [1.54, 1.807) is 6.07 Å². The summed E-state index contributed by atoms with van der Waals surface area (Å²) in [5.41, 5.74) is 0.753. The summed E-state index contributed by atoms with van der Waals surface area (Å²) in [4.78, 5) is 21.8. The molecule has 1 aliphatic rings. The number of aromatic hydroxyl groups is 1. The van der Waals surface area contributed by atoms with Crippen LogP contribution in [0.25, 0.3) is 0 Å². The van der Waals surface area contributed by atoms with Crippen molar-refractivity contribution in [2.45, 2.75) is 38.0 Å². The van der Waals surface area contributed by atoms with Crippen molar-refractivity contribution in [3.05, 3.63) is 33.4 Å². The lowest BCUT2D eigenvalue weighted by molar-refractivity contribution is -0.385. The lowest BCUT2D eigenvalue weighted by Gasteiger charge is -2.13. The van der Waals surface area contributed by atoms with E-state index in [0.29, 0.717) is 11.1 Å². The molecule has 0 aromatic heterocycles. The number of hydrogen-bond donors (Lipinski definition) is 1. The smallest absolute Gasteiger partial charge is 0.310 e. The number of phenols is 1. The number of carbonyl (C=O) groups excluding carboxylic acids is 1. The Morgan fingerprint density at radius 3 is 2.65 bits per heavy atom. The van der Waals surface area contributed by atoms with Crippen molar-refractivity contribution in [3.8, 4) is 5.75 Å². The molecule has 0 saturated heterocycles. The second-order valence-corrected chi connectivity index (χ2v) is 5.03. The van der Waals surface area contributed by atoms with E-state index in [0.717, 1.165) is 31.7 Å². The molecule has 108 valence electrons. The zero-order valence-electron chi connectivity index (χ0n) is 11.3. The summed E-state index contributed by atoms with van der Waals surface area (Å²) in [5, 5.41) is 21.0. The van der Waals surface area contributed by atoms with E-state index in [2.05, 4.69) is 4.74 Å². The van der Waals surface area contributed by atoms with E-state index >= 15 is 0 Å². The number of carbonyl (C=O) groups is 1. The van der Waals surface area contributed by atoms with Crippen molar-refractivity contribution in [2.24, 2.45) is 0 Å². The second kappa shape index (κ2) is 5.90. The Morgan fingerprint density at radius 2 is 2.10 bits per heavy atom. The summed E-state index contributed by atoms with van der Waals surface area (Å²) in [5.74, 6) is -0.374. The molecule has 0 bridgehead atoms. The minimum Gasteiger partial charge on any atom is -0.507 e. The van der Waals surface area contributed by atoms with E-state index in [1.165, 1.54) is 7.11 Å². The van der Waals surface area contributed by atoms with Gasteiger partial charge in [-0.3, -0.25) is 14.9 Å². The molecule has 0 unspecified atom stereocenters. The fourth-order valence-electron chi connectivity index (χ4n) is 2.74. The molecule has 6 nitrogen and oxygen atoms in total. The van der Waals surface area contributed by atoms with Crippen molar-refractivity contribution in [3.63, 3.8) is 0 Å². The van der Waals surface area contributed by atoms with Gasteiger partial charge < -0.3 is 9.84 Å². The number of hydrogen-bond acceptors (Lipinski definition) is 5. The number of nitro benzene ring substituents is 1. The number of ether oxygens (including phenoxy) is 1. The third kappa shape index (κ3) is 2.89. The van der Waals surface area contributed by atoms with Gasteiger partial charge in [0.15, 0.2) is 0 Å². The van der Waals surface area contributed by atoms with Gasteiger partial charge in [-0.1, -0.05) is 12.8 Å². The Kier molecular flexibility index (Phi) is 4.22. The molecule has 0 amide bonds. The molecule has 1 fully saturated rings. The van der Waals surface area contributed by atoms with E-state index < -0.39 is 10.9 Å². The van der Waals surface area contributed by atoms with Crippen LogP contribution in [-0.4, -0.2) is 23.1 Å². The number of nitro groups is 1. The van der Waals surface area contributed by atoms with Crippen molar-refractivity contribution in [1.82, 2.24) is 0 Å². The van der Waals surface area contributed by atoms with Crippen LogP contribution in [0.2, 0.25) is 0 Å². The Morgan fingerprint density at radius 1 is 1.45 bits per heavy atom. The highest BCUT2D eigenvalue weighted by Gasteiger charge is 2.25. The quantitative estimate of drug-likeness (QED) is 0.520. The minimum absolute atomic E-state index is 0.0581. The van der Waals surface area contributed by atoms with Gasteiger partial charge in [0, 0.05) is 5.56 Å². The number of nitrogens with zero attached hydrogens (tertiary/aromatic N) is 1. The fourth-order valence-corrected chi connectivity index (χ4v) is 2.74. The first-order valence-electron chi connectivity index (χ1n) is 6.60. The lowest BCUT2D eigenvalue weighted by atomic mass is 9.93. The first kappa shape index (κ1) is 14.3. The summed E-state index contributed by atoms with van der Waals surface area (Å²) >= 11 is 0. The molecule has 0 spiro atoms. The molecule has 0 atom stereocenters. The molecular formula is C14H17NO5. The largest absolute Gasteiger partial charge is 0.507 e. The predicted octanol–water partition coefficient (Wildman–Crippen LogP) is 2.67. The van der Waals surface area contributed by atoms with Crippen LogP contribution in [0, 0.1) is 10.1 Å². The van der Waals surface area contributed by atoms with E-state index in [9.17, 15) is 20.0 Å². The highest BCUT2D eigenvalue weighted by Crippen LogP contribution is 2.41. The summed E-state index contributed by atoms with van der Waals surface area (Å²) in [6.07, 6.45) is 3.94. The highest BCUT2D eigenvalue weighted by molar-refractivity contribution is 5.74. The van der Waals surface area contributed by atoms with Gasteiger partial charge in [0.2, 0.25) is 0 Å².